The summed E-state index contributed by atoms with van der Waals surface area (Å²) in [5, 5.41) is 0. The largest absolute Gasteiger partial charge is 0.332 e. The zero-order chi connectivity index (χ0) is 8.48. The molecule has 0 bridgehead atoms. The fourth-order valence-electron chi connectivity index (χ4n) is 0.913. The Kier molecular flexibility index (Phi) is 2.03. The summed E-state index contributed by atoms with van der Waals surface area (Å²) in [6.07, 6.45) is 5.03. The Morgan fingerprint density at radius 1 is 1.45 bits per heavy atom. The normalized spacial score (nSPS) is 12.0. The second-order valence-corrected chi connectivity index (χ2v) is 3.80. The van der Waals surface area contributed by atoms with Gasteiger partial charge in [-0.25, -0.2) is 4.98 Å². The highest BCUT2D eigenvalue weighted by molar-refractivity contribution is 4.98. The van der Waals surface area contributed by atoms with E-state index in [0.29, 0.717) is 0 Å². The van der Waals surface area contributed by atoms with E-state index in [2.05, 4.69) is 43.4 Å². The second-order valence-electron chi connectivity index (χ2n) is 3.80. The molecule has 0 aliphatic rings. The summed E-state index contributed by atoms with van der Waals surface area (Å²) in [6.45, 7) is 8.64. The lowest BCUT2D eigenvalue weighted by Gasteiger charge is -2.19. The topological polar surface area (TPSA) is 17.8 Å². The Morgan fingerprint density at radius 3 is 2.36 bits per heavy atom. The van der Waals surface area contributed by atoms with Crippen LogP contribution in [-0.4, -0.2) is 9.55 Å². The van der Waals surface area contributed by atoms with Crippen molar-refractivity contribution in [2.45, 2.75) is 39.7 Å². The van der Waals surface area contributed by atoms with Crippen LogP contribution in [0, 0.1) is 0 Å². The zero-order valence-corrected chi connectivity index (χ0v) is 7.76. The van der Waals surface area contributed by atoms with E-state index in [9.17, 15) is 0 Å². The van der Waals surface area contributed by atoms with E-state index in [1.54, 1.807) is 0 Å². The summed E-state index contributed by atoms with van der Waals surface area (Å²) in [7, 11) is 0. The van der Waals surface area contributed by atoms with Crippen molar-refractivity contribution in [3.05, 3.63) is 18.2 Å². The number of imidazole rings is 1. The maximum absolute atomic E-state index is 4.26. The molecule has 1 heterocycles. The molecule has 1 aromatic rings. The van der Waals surface area contributed by atoms with Gasteiger partial charge >= 0.3 is 0 Å². The molecule has 62 valence electrons. The highest BCUT2D eigenvalue weighted by atomic mass is 15.1. The van der Waals surface area contributed by atoms with Crippen molar-refractivity contribution in [2.75, 3.05) is 0 Å². The average molecular weight is 152 g/mol. The van der Waals surface area contributed by atoms with Gasteiger partial charge in [0.15, 0.2) is 0 Å². The quantitative estimate of drug-likeness (QED) is 0.603. The van der Waals surface area contributed by atoms with Gasteiger partial charge in [0.2, 0.25) is 0 Å². The Hall–Kier alpha value is -0.790. The number of hydrogen-bond donors (Lipinski definition) is 0. The average Bonchev–Trinajstić information content (AvgIpc) is 2.32. The second kappa shape index (κ2) is 2.68. The molecule has 0 N–H and O–H groups in total. The lowest BCUT2D eigenvalue weighted by Crippen LogP contribution is -2.19. The molecule has 2 nitrogen and oxygen atoms in total. The van der Waals surface area contributed by atoms with E-state index < -0.39 is 0 Å². The molecule has 11 heavy (non-hydrogen) atoms. The molecule has 0 unspecified atom stereocenters. The van der Waals surface area contributed by atoms with Crippen LogP contribution in [0.3, 0.4) is 0 Å². The van der Waals surface area contributed by atoms with Gasteiger partial charge in [-0.15, -0.1) is 0 Å². The summed E-state index contributed by atoms with van der Waals surface area (Å²) < 4.78 is 2.14. The van der Waals surface area contributed by atoms with Crippen molar-refractivity contribution in [1.82, 2.24) is 9.55 Å². The molecule has 2 heteroatoms. The summed E-state index contributed by atoms with van der Waals surface area (Å²) in [6, 6.07) is 0. The number of aromatic nitrogens is 2. The minimum absolute atomic E-state index is 0.167. The van der Waals surface area contributed by atoms with E-state index in [4.69, 9.17) is 0 Å². The molecule has 0 saturated carbocycles. The van der Waals surface area contributed by atoms with E-state index in [-0.39, 0.29) is 5.54 Å². The van der Waals surface area contributed by atoms with Gasteiger partial charge in [0.1, 0.15) is 0 Å². The van der Waals surface area contributed by atoms with Crippen LogP contribution in [-0.2, 0) is 12.0 Å². The van der Waals surface area contributed by atoms with E-state index >= 15 is 0 Å². The number of hydrogen-bond acceptors (Lipinski definition) is 1. The Labute approximate surface area is 68.3 Å². The number of aryl methyl sites for hydroxylation is 1. The predicted molar refractivity (Wildman–Crippen MR) is 46.6 cm³/mol. The van der Waals surface area contributed by atoms with Crippen LogP contribution in [0.4, 0.5) is 0 Å². The van der Waals surface area contributed by atoms with Crippen molar-refractivity contribution in [2.24, 2.45) is 0 Å². The lowest BCUT2D eigenvalue weighted by molar-refractivity contribution is 0.396. The minimum Gasteiger partial charge on any atom is -0.332 e. The fraction of sp³-hybridized carbons (Fsp3) is 0.667. The fourth-order valence-corrected chi connectivity index (χ4v) is 0.913. The summed E-state index contributed by atoms with van der Waals surface area (Å²) in [5.74, 6) is 0. The zero-order valence-electron chi connectivity index (χ0n) is 7.76. The van der Waals surface area contributed by atoms with Crippen LogP contribution in [0.1, 0.15) is 33.4 Å². The van der Waals surface area contributed by atoms with Gasteiger partial charge in [-0.1, -0.05) is 6.92 Å². The molecule has 0 fully saturated rings. The molecule has 0 aliphatic heterocycles. The summed E-state index contributed by atoms with van der Waals surface area (Å²) >= 11 is 0. The van der Waals surface area contributed by atoms with Gasteiger partial charge < -0.3 is 4.57 Å². The minimum atomic E-state index is 0.167. The van der Waals surface area contributed by atoms with Crippen molar-refractivity contribution in [3.8, 4) is 0 Å². The third kappa shape index (κ3) is 1.82. The predicted octanol–water partition coefficient (Wildman–Crippen LogP) is 2.20. The lowest BCUT2D eigenvalue weighted by atomic mass is 10.1. The van der Waals surface area contributed by atoms with Crippen molar-refractivity contribution >= 4 is 0 Å². The van der Waals surface area contributed by atoms with E-state index in [0.717, 1.165) is 6.42 Å². The maximum atomic E-state index is 4.26. The van der Waals surface area contributed by atoms with Crippen molar-refractivity contribution in [3.63, 3.8) is 0 Å². The number of rotatable bonds is 1. The van der Waals surface area contributed by atoms with Gasteiger partial charge in [-0.3, -0.25) is 0 Å². The van der Waals surface area contributed by atoms with Gasteiger partial charge in [0, 0.05) is 11.7 Å². The standard InChI is InChI=1S/C9H16N2/c1-5-8-6-11(7-10-8)9(2,3)4/h6-7H,5H2,1-4H3. The van der Waals surface area contributed by atoms with Crippen LogP contribution >= 0.6 is 0 Å². The van der Waals surface area contributed by atoms with Crippen LogP contribution in [0.15, 0.2) is 12.5 Å². The van der Waals surface area contributed by atoms with Gasteiger partial charge in [0.05, 0.1) is 12.0 Å². The molecule has 1 rings (SSSR count). The third-order valence-corrected chi connectivity index (χ3v) is 1.77. The number of nitrogens with zero attached hydrogens (tertiary/aromatic N) is 2. The highest BCUT2D eigenvalue weighted by Crippen LogP contribution is 2.13. The van der Waals surface area contributed by atoms with Crippen LogP contribution < -0.4 is 0 Å². The van der Waals surface area contributed by atoms with Crippen molar-refractivity contribution in [1.29, 1.82) is 0 Å². The molecular weight excluding hydrogens is 136 g/mol. The van der Waals surface area contributed by atoms with Crippen LogP contribution in [0.25, 0.3) is 0 Å². The third-order valence-electron chi connectivity index (χ3n) is 1.77. The molecule has 0 radical (unpaired) electrons. The summed E-state index contributed by atoms with van der Waals surface area (Å²) in [4.78, 5) is 4.26. The first-order valence-corrected chi connectivity index (χ1v) is 4.07. The molecular formula is C9H16N2. The maximum Gasteiger partial charge on any atom is 0.0954 e. The Bertz CT molecular complexity index is 230. The molecule has 0 aromatic carbocycles. The van der Waals surface area contributed by atoms with E-state index in [1.165, 1.54) is 5.69 Å². The first kappa shape index (κ1) is 8.31. The van der Waals surface area contributed by atoms with Crippen LogP contribution in [0.2, 0.25) is 0 Å². The molecule has 0 spiro atoms. The molecule has 0 atom stereocenters. The van der Waals surface area contributed by atoms with Crippen molar-refractivity contribution < 1.29 is 0 Å². The Balaban J connectivity index is 2.89. The molecule has 0 amide bonds. The first-order valence-electron chi connectivity index (χ1n) is 4.07. The van der Waals surface area contributed by atoms with E-state index in [1.807, 2.05) is 6.33 Å². The SMILES string of the molecule is CCc1cn(C(C)(C)C)cn1. The van der Waals surface area contributed by atoms with Crippen LogP contribution in [0.5, 0.6) is 0 Å². The highest BCUT2D eigenvalue weighted by Gasteiger charge is 2.11. The monoisotopic (exact) mass is 152 g/mol. The first-order chi connectivity index (χ1) is 5.04. The molecule has 0 saturated heterocycles. The van der Waals surface area contributed by atoms with Gasteiger partial charge in [0.25, 0.3) is 0 Å². The molecule has 1 aromatic heterocycles. The summed E-state index contributed by atoms with van der Waals surface area (Å²) in [5.41, 5.74) is 1.33. The van der Waals surface area contributed by atoms with Gasteiger partial charge in [-0.05, 0) is 27.2 Å². The Morgan fingerprint density at radius 2 is 2.09 bits per heavy atom. The molecule has 0 aliphatic carbocycles. The van der Waals surface area contributed by atoms with Gasteiger partial charge in [-0.2, -0.15) is 0 Å². The smallest absolute Gasteiger partial charge is 0.0954 e.